The molecule has 1 saturated heterocycles. The lowest BCUT2D eigenvalue weighted by Gasteiger charge is -2.29. The second kappa shape index (κ2) is 5.66. The number of fused-ring (bicyclic) bond motifs is 1. The van der Waals surface area contributed by atoms with Gasteiger partial charge in [-0.25, -0.2) is 0 Å². The van der Waals surface area contributed by atoms with E-state index in [-0.39, 0.29) is 24.9 Å². The Kier molecular flexibility index (Phi) is 3.90. The zero-order chi connectivity index (χ0) is 17.6. The van der Waals surface area contributed by atoms with Crippen molar-refractivity contribution in [3.8, 4) is 5.75 Å². The van der Waals surface area contributed by atoms with Crippen LogP contribution in [0.15, 0.2) is 12.1 Å². The monoisotopic (exact) mass is 362 g/mol. The number of ether oxygens (including phenoxy) is 1. The zero-order valence-electron chi connectivity index (χ0n) is 11.9. The van der Waals surface area contributed by atoms with Crippen LogP contribution < -0.4 is 10.1 Å². The van der Waals surface area contributed by atoms with Gasteiger partial charge in [0.05, 0.1) is 10.6 Å². The van der Waals surface area contributed by atoms with Crippen LogP contribution in [-0.4, -0.2) is 35.0 Å². The first-order valence-electron chi connectivity index (χ1n) is 6.89. The molecule has 128 valence electrons. The summed E-state index contributed by atoms with van der Waals surface area (Å²) in [6, 6.07) is 1.45. The lowest BCUT2D eigenvalue weighted by Crippen LogP contribution is -2.52. The summed E-state index contributed by atoms with van der Waals surface area (Å²) in [6.45, 7) is 0.0203. The molecular formula is C14H10ClF3N2O4. The van der Waals surface area contributed by atoms with Crippen LogP contribution in [0.1, 0.15) is 28.8 Å². The number of nitrogens with zero attached hydrogens (tertiary/aromatic N) is 1. The zero-order valence-corrected chi connectivity index (χ0v) is 12.7. The van der Waals surface area contributed by atoms with Crippen LogP contribution in [-0.2, 0) is 16.1 Å². The van der Waals surface area contributed by atoms with E-state index in [9.17, 15) is 27.6 Å². The molecule has 0 aliphatic carbocycles. The number of nitrogens with one attached hydrogen (secondary N) is 1. The van der Waals surface area contributed by atoms with Crippen molar-refractivity contribution in [2.45, 2.75) is 31.8 Å². The topological polar surface area (TPSA) is 75.7 Å². The van der Waals surface area contributed by atoms with E-state index in [1.807, 2.05) is 0 Å². The molecule has 24 heavy (non-hydrogen) atoms. The van der Waals surface area contributed by atoms with Gasteiger partial charge in [0.1, 0.15) is 11.8 Å². The fourth-order valence-corrected chi connectivity index (χ4v) is 3.10. The van der Waals surface area contributed by atoms with Crippen molar-refractivity contribution in [2.24, 2.45) is 0 Å². The second-order valence-corrected chi connectivity index (χ2v) is 5.74. The third-order valence-corrected chi connectivity index (χ3v) is 4.20. The van der Waals surface area contributed by atoms with E-state index in [0.717, 1.165) is 6.07 Å². The number of halogens is 4. The van der Waals surface area contributed by atoms with Gasteiger partial charge in [0.15, 0.2) is 0 Å². The third-order valence-electron chi connectivity index (χ3n) is 3.82. The highest BCUT2D eigenvalue weighted by atomic mass is 35.5. The molecule has 1 aromatic carbocycles. The Morgan fingerprint density at radius 2 is 1.96 bits per heavy atom. The number of carbonyl (C=O) groups excluding carboxylic acids is 3. The van der Waals surface area contributed by atoms with E-state index >= 15 is 0 Å². The molecular weight excluding hydrogens is 353 g/mol. The Bertz CT molecular complexity index is 750. The van der Waals surface area contributed by atoms with Crippen LogP contribution >= 0.6 is 11.6 Å². The molecule has 1 N–H and O–H groups in total. The molecule has 0 saturated carbocycles. The van der Waals surface area contributed by atoms with Gasteiger partial charge in [0.25, 0.3) is 5.91 Å². The molecule has 10 heteroatoms. The van der Waals surface area contributed by atoms with Crippen LogP contribution in [0.5, 0.6) is 5.75 Å². The summed E-state index contributed by atoms with van der Waals surface area (Å²) in [6.07, 6.45) is -4.72. The highest BCUT2D eigenvalue weighted by molar-refractivity contribution is 6.35. The van der Waals surface area contributed by atoms with Gasteiger partial charge in [0, 0.05) is 13.0 Å². The van der Waals surface area contributed by atoms with Gasteiger partial charge in [-0.3, -0.25) is 19.7 Å². The van der Waals surface area contributed by atoms with E-state index in [4.69, 9.17) is 11.6 Å². The molecule has 1 aromatic rings. The maximum atomic E-state index is 12.5. The van der Waals surface area contributed by atoms with Crippen molar-refractivity contribution >= 4 is 29.3 Å². The van der Waals surface area contributed by atoms with Crippen molar-refractivity contribution in [1.29, 1.82) is 0 Å². The molecule has 6 nitrogen and oxygen atoms in total. The van der Waals surface area contributed by atoms with E-state index in [1.54, 1.807) is 0 Å². The van der Waals surface area contributed by atoms with Gasteiger partial charge in [-0.05, 0) is 18.1 Å². The van der Waals surface area contributed by atoms with Crippen molar-refractivity contribution in [3.63, 3.8) is 0 Å². The molecule has 0 bridgehead atoms. The molecule has 0 radical (unpaired) electrons. The van der Waals surface area contributed by atoms with E-state index in [1.165, 1.54) is 11.0 Å². The van der Waals surface area contributed by atoms with Gasteiger partial charge >= 0.3 is 6.36 Å². The average molecular weight is 363 g/mol. The standard InChI is InChI=1S/C14H10ClF3N2O4/c15-11-8(24-14(16,17)18)3-1-6-5-20(13(23)10(6)11)7-2-4-9(21)19-12(7)22/h1,3,7H,2,4-5H2,(H,19,21,22). The Balaban J connectivity index is 1.89. The minimum absolute atomic E-state index is 0.0203. The predicted octanol–water partition coefficient (Wildman–Crippen LogP) is 2.00. The minimum atomic E-state index is -4.94. The summed E-state index contributed by atoms with van der Waals surface area (Å²) < 4.78 is 40.9. The van der Waals surface area contributed by atoms with Gasteiger partial charge in [-0.2, -0.15) is 0 Å². The molecule has 0 aromatic heterocycles. The number of amides is 3. The number of imide groups is 1. The van der Waals surface area contributed by atoms with Crippen molar-refractivity contribution in [3.05, 3.63) is 28.3 Å². The quantitative estimate of drug-likeness (QED) is 0.816. The number of hydrogen-bond acceptors (Lipinski definition) is 4. The fourth-order valence-electron chi connectivity index (χ4n) is 2.79. The van der Waals surface area contributed by atoms with Crippen molar-refractivity contribution < 1.29 is 32.3 Å². The lowest BCUT2D eigenvalue weighted by molar-refractivity contribution is -0.274. The van der Waals surface area contributed by atoms with Crippen LogP contribution in [0, 0.1) is 0 Å². The smallest absolute Gasteiger partial charge is 0.404 e. The third kappa shape index (κ3) is 2.91. The maximum Gasteiger partial charge on any atom is 0.573 e. The lowest BCUT2D eigenvalue weighted by atomic mass is 10.0. The van der Waals surface area contributed by atoms with E-state index < -0.39 is 40.9 Å². The average Bonchev–Trinajstić information content (AvgIpc) is 2.79. The van der Waals surface area contributed by atoms with Gasteiger partial charge < -0.3 is 9.64 Å². The Hall–Kier alpha value is -2.29. The molecule has 0 spiro atoms. The molecule has 2 heterocycles. The molecule has 3 rings (SSSR count). The molecule has 2 aliphatic heterocycles. The van der Waals surface area contributed by atoms with E-state index in [2.05, 4.69) is 10.1 Å². The SMILES string of the molecule is O=C1CCC(N2Cc3ccc(OC(F)(F)F)c(Cl)c3C2=O)C(=O)N1. The van der Waals surface area contributed by atoms with Crippen molar-refractivity contribution in [1.82, 2.24) is 10.2 Å². The van der Waals surface area contributed by atoms with Crippen LogP contribution in [0.4, 0.5) is 13.2 Å². The molecule has 1 unspecified atom stereocenters. The van der Waals surface area contributed by atoms with Gasteiger partial charge in [-0.1, -0.05) is 17.7 Å². The Morgan fingerprint density at radius 3 is 2.58 bits per heavy atom. The van der Waals surface area contributed by atoms with Gasteiger partial charge in [-0.15, -0.1) is 13.2 Å². The molecule has 2 aliphatic rings. The summed E-state index contributed by atoms with van der Waals surface area (Å²) in [4.78, 5) is 36.8. The summed E-state index contributed by atoms with van der Waals surface area (Å²) in [5.41, 5.74) is 0.271. The molecule has 3 amide bonds. The molecule has 1 atom stereocenters. The van der Waals surface area contributed by atoms with Gasteiger partial charge in [0.2, 0.25) is 11.8 Å². The maximum absolute atomic E-state index is 12.5. The second-order valence-electron chi connectivity index (χ2n) is 5.36. The number of rotatable bonds is 2. The normalized spacial score (nSPS) is 20.9. The van der Waals surface area contributed by atoms with Crippen LogP contribution in [0.25, 0.3) is 0 Å². The fraction of sp³-hybridized carbons (Fsp3) is 0.357. The van der Waals surface area contributed by atoms with Crippen LogP contribution in [0.2, 0.25) is 5.02 Å². The predicted molar refractivity (Wildman–Crippen MR) is 74.2 cm³/mol. The first-order chi connectivity index (χ1) is 11.2. The van der Waals surface area contributed by atoms with E-state index in [0.29, 0.717) is 5.56 Å². The first kappa shape index (κ1) is 16.6. The Labute approximate surface area is 138 Å². The highest BCUT2D eigenvalue weighted by Crippen LogP contribution is 2.39. The minimum Gasteiger partial charge on any atom is -0.404 e. The number of alkyl halides is 3. The number of carbonyl (C=O) groups is 3. The first-order valence-corrected chi connectivity index (χ1v) is 7.27. The van der Waals surface area contributed by atoms with Crippen LogP contribution in [0.3, 0.4) is 0 Å². The number of benzene rings is 1. The summed E-state index contributed by atoms with van der Waals surface area (Å²) >= 11 is 5.89. The summed E-state index contributed by atoms with van der Waals surface area (Å²) in [5, 5.41) is 1.68. The number of hydrogen-bond donors (Lipinski definition) is 1. The summed E-state index contributed by atoms with van der Waals surface area (Å²) in [7, 11) is 0. The molecule has 1 fully saturated rings. The largest absolute Gasteiger partial charge is 0.573 e. The van der Waals surface area contributed by atoms with Crippen molar-refractivity contribution in [2.75, 3.05) is 0 Å². The Morgan fingerprint density at radius 1 is 1.25 bits per heavy atom. The number of piperidine rings is 1. The highest BCUT2D eigenvalue weighted by Gasteiger charge is 2.41. The summed E-state index contributed by atoms with van der Waals surface area (Å²) in [5.74, 6) is -2.40.